The molecule has 2 heterocycles. The molecule has 0 aliphatic carbocycles. The van der Waals surface area contributed by atoms with E-state index in [-0.39, 0.29) is 6.54 Å². The van der Waals surface area contributed by atoms with Crippen LogP contribution in [0.3, 0.4) is 0 Å². The number of carbonyl (C=O) groups excluding carboxylic acids is 1. The number of fused-ring (bicyclic) bond motifs is 1. The van der Waals surface area contributed by atoms with E-state index >= 15 is 0 Å². The number of para-hydroxylation sites is 1. The molecule has 2 amide bonds. The van der Waals surface area contributed by atoms with E-state index in [0.717, 1.165) is 59.0 Å². The lowest BCUT2D eigenvalue weighted by molar-refractivity contribution is -0.0383. The maximum absolute atomic E-state index is 12.1. The average Bonchev–Trinajstić information content (AvgIpc) is 3.09. The number of pyridine rings is 1. The van der Waals surface area contributed by atoms with Gasteiger partial charge < -0.3 is 15.6 Å². The van der Waals surface area contributed by atoms with Gasteiger partial charge in [-0.25, -0.2) is 19.8 Å². The molecule has 0 aliphatic heterocycles. The van der Waals surface area contributed by atoms with Crippen molar-refractivity contribution in [3.8, 4) is 0 Å². The minimum absolute atomic E-state index is 0.246. The summed E-state index contributed by atoms with van der Waals surface area (Å²) in [5.74, 6) is 1.46. The van der Waals surface area contributed by atoms with E-state index in [2.05, 4.69) is 21.8 Å². The summed E-state index contributed by atoms with van der Waals surface area (Å²) in [4.78, 5) is 21.2. The summed E-state index contributed by atoms with van der Waals surface area (Å²) in [6, 6.07) is 8.53. The Balaban J connectivity index is 1.64. The molecular formula is C22H30N6O2. The number of imidazole rings is 1. The molecule has 0 aliphatic rings. The van der Waals surface area contributed by atoms with Crippen LogP contribution in [0, 0.1) is 13.8 Å². The number of nitrogens with zero attached hydrogens (tertiary/aromatic N) is 4. The number of amides is 2. The van der Waals surface area contributed by atoms with Crippen LogP contribution in [0.1, 0.15) is 43.3 Å². The first kappa shape index (κ1) is 21.6. The first-order chi connectivity index (χ1) is 14.4. The number of nitrogens with two attached hydrogens (primary N) is 1. The third-order valence-corrected chi connectivity index (χ3v) is 5.21. The number of nitrogens with one attached hydrogen (secondary N) is 1. The Kier molecular flexibility index (Phi) is 6.89. The highest BCUT2D eigenvalue weighted by molar-refractivity contribution is 5.89. The highest BCUT2D eigenvalue weighted by Gasteiger charge is 2.17. The van der Waals surface area contributed by atoms with Crippen LogP contribution in [-0.4, -0.2) is 37.4 Å². The van der Waals surface area contributed by atoms with Crippen molar-refractivity contribution in [2.45, 2.75) is 53.0 Å². The molecular weight excluding hydrogens is 380 g/mol. The van der Waals surface area contributed by atoms with Gasteiger partial charge in [0, 0.05) is 24.3 Å². The molecule has 3 rings (SSSR count). The molecule has 0 spiro atoms. The smallest absolute Gasteiger partial charge is 0.345 e. The number of carbonyl (C=O) groups is 1. The number of urea groups is 1. The van der Waals surface area contributed by atoms with Gasteiger partial charge in [-0.3, -0.25) is 5.21 Å². The van der Waals surface area contributed by atoms with Gasteiger partial charge in [0.2, 0.25) is 0 Å². The normalized spacial score (nSPS) is 11.1. The predicted octanol–water partition coefficient (Wildman–Crippen LogP) is 4.29. The fourth-order valence-electron chi connectivity index (χ4n) is 3.54. The molecule has 0 radical (unpaired) electrons. The number of aromatic nitrogens is 3. The van der Waals surface area contributed by atoms with E-state index in [0.29, 0.717) is 17.9 Å². The molecule has 3 aromatic rings. The number of hydrogen-bond acceptors (Lipinski definition) is 5. The monoisotopic (exact) mass is 410 g/mol. The molecule has 2 aromatic heterocycles. The fourth-order valence-corrected chi connectivity index (χ4v) is 3.54. The van der Waals surface area contributed by atoms with Gasteiger partial charge in [-0.2, -0.15) is 0 Å². The van der Waals surface area contributed by atoms with Crippen molar-refractivity contribution in [3.05, 3.63) is 47.4 Å². The lowest BCUT2D eigenvalue weighted by atomic mass is 10.2. The van der Waals surface area contributed by atoms with Gasteiger partial charge in [0.15, 0.2) is 5.82 Å². The number of hydrogen-bond donors (Lipinski definition) is 3. The number of rotatable bonds is 8. The summed E-state index contributed by atoms with van der Waals surface area (Å²) in [5, 5.41) is 13.4. The van der Waals surface area contributed by atoms with Crippen LogP contribution in [0.25, 0.3) is 11.0 Å². The van der Waals surface area contributed by atoms with Crippen LogP contribution >= 0.6 is 0 Å². The third kappa shape index (κ3) is 4.71. The maximum Gasteiger partial charge on any atom is 0.345 e. The first-order valence-corrected chi connectivity index (χ1v) is 10.4. The minimum Gasteiger partial charge on any atom is -0.382 e. The summed E-state index contributed by atoms with van der Waals surface area (Å²) in [6.07, 6.45) is 3.29. The summed E-state index contributed by atoms with van der Waals surface area (Å²) in [6.45, 7) is 7.11. The molecule has 0 saturated heterocycles. The van der Waals surface area contributed by atoms with Crippen molar-refractivity contribution in [3.63, 3.8) is 0 Å². The van der Waals surface area contributed by atoms with E-state index in [1.54, 1.807) is 12.1 Å². The van der Waals surface area contributed by atoms with Crippen LogP contribution in [0.4, 0.5) is 16.3 Å². The average molecular weight is 411 g/mol. The fraction of sp³-hybridized carbons (Fsp3) is 0.409. The van der Waals surface area contributed by atoms with Crippen LogP contribution in [0.5, 0.6) is 0 Å². The molecule has 0 atom stereocenters. The number of hydroxylamine groups is 2. The molecule has 0 fully saturated rings. The van der Waals surface area contributed by atoms with E-state index in [4.69, 9.17) is 10.7 Å². The first-order valence-electron chi connectivity index (χ1n) is 10.4. The van der Waals surface area contributed by atoms with Gasteiger partial charge in [-0.15, -0.1) is 0 Å². The molecule has 0 unspecified atom stereocenters. The second kappa shape index (κ2) is 9.58. The zero-order chi connectivity index (χ0) is 21.7. The quantitative estimate of drug-likeness (QED) is 0.292. The molecule has 8 heteroatoms. The second-order valence-electron chi connectivity index (χ2n) is 7.46. The summed E-state index contributed by atoms with van der Waals surface area (Å²) in [5.41, 5.74) is 10.6. The molecule has 1 aromatic carbocycles. The zero-order valence-electron chi connectivity index (χ0n) is 17.9. The summed E-state index contributed by atoms with van der Waals surface area (Å²) in [7, 11) is 0. The molecule has 30 heavy (non-hydrogen) atoms. The Bertz CT molecular complexity index is 1020. The largest absolute Gasteiger partial charge is 0.382 e. The zero-order valence-corrected chi connectivity index (χ0v) is 17.9. The van der Waals surface area contributed by atoms with Crippen molar-refractivity contribution < 1.29 is 10.0 Å². The lowest BCUT2D eigenvalue weighted by Crippen LogP contribution is -2.32. The Morgan fingerprint density at radius 3 is 2.63 bits per heavy atom. The standard InChI is InChI=1S/C22H30N6O2/c1-4-10-18-26-19-20(15(2)16(3)24-21(19)23)27(18)13-8-9-14-28(30)22(29)25-17-11-6-5-7-12-17/h5-7,11-12,30H,4,8-10,13-14H2,1-3H3,(H2,23,24)(H,25,29). The van der Waals surface area contributed by atoms with Crippen molar-refractivity contribution in [1.82, 2.24) is 19.6 Å². The Morgan fingerprint density at radius 2 is 1.93 bits per heavy atom. The Labute approximate surface area is 176 Å². The van der Waals surface area contributed by atoms with Crippen molar-refractivity contribution in [2.75, 3.05) is 17.6 Å². The van der Waals surface area contributed by atoms with Crippen LogP contribution in [0.15, 0.2) is 30.3 Å². The predicted molar refractivity (Wildman–Crippen MR) is 119 cm³/mol. The van der Waals surface area contributed by atoms with Gasteiger partial charge in [0.05, 0.1) is 12.1 Å². The third-order valence-electron chi connectivity index (χ3n) is 5.21. The van der Waals surface area contributed by atoms with Crippen molar-refractivity contribution in [2.24, 2.45) is 0 Å². The molecule has 8 nitrogen and oxygen atoms in total. The number of nitrogen functional groups attached to an aromatic ring is 1. The summed E-state index contributed by atoms with van der Waals surface area (Å²) < 4.78 is 2.21. The number of aryl methyl sites for hydroxylation is 4. The van der Waals surface area contributed by atoms with Crippen LogP contribution < -0.4 is 11.1 Å². The van der Waals surface area contributed by atoms with E-state index < -0.39 is 6.03 Å². The van der Waals surface area contributed by atoms with Gasteiger partial charge in [-0.05, 0) is 50.8 Å². The van der Waals surface area contributed by atoms with Gasteiger partial charge in [-0.1, -0.05) is 25.1 Å². The number of benzene rings is 1. The van der Waals surface area contributed by atoms with Crippen molar-refractivity contribution >= 4 is 28.6 Å². The Morgan fingerprint density at radius 1 is 1.20 bits per heavy atom. The number of unbranched alkanes of at least 4 members (excludes halogenated alkanes) is 1. The summed E-state index contributed by atoms with van der Waals surface area (Å²) >= 11 is 0. The SMILES string of the molecule is CCCc1nc2c(N)nc(C)c(C)c2n1CCCCN(O)C(=O)Nc1ccccc1. The maximum atomic E-state index is 12.1. The van der Waals surface area contributed by atoms with Gasteiger partial charge in [0.1, 0.15) is 11.3 Å². The van der Waals surface area contributed by atoms with Crippen molar-refractivity contribution in [1.29, 1.82) is 0 Å². The van der Waals surface area contributed by atoms with Gasteiger partial charge >= 0.3 is 6.03 Å². The minimum atomic E-state index is -0.536. The molecule has 4 N–H and O–H groups in total. The topological polar surface area (TPSA) is 109 Å². The Hall–Kier alpha value is -3.13. The second-order valence-corrected chi connectivity index (χ2v) is 7.46. The van der Waals surface area contributed by atoms with E-state index in [1.807, 2.05) is 32.0 Å². The van der Waals surface area contributed by atoms with Crippen LogP contribution in [0.2, 0.25) is 0 Å². The molecule has 0 bridgehead atoms. The highest BCUT2D eigenvalue weighted by atomic mass is 16.5. The van der Waals surface area contributed by atoms with Crippen LogP contribution in [-0.2, 0) is 13.0 Å². The van der Waals surface area contributed by atoms with E-state index in [9.17, 15) is 10.0 Å². The highest BCUT2D eigenvalue weighted by Crippen LogP contribution is 2.27. The number of anilines is 2. The lowest BCUT2D eigenvalue weighted by Gasteiger charge is -2.16. The molecule has 160 valence electrons. The van der Waals surface area contributed by atoms with E-state index in [1.165, 1.54) is 0 Å². The van der Waals surface area contributed by atoms with Gasteiger partial charge in [0.25, 0.3) is 0 Å². The molecule has 0 saturated carbocycles.